The maximum atomic E-state index is 12.3. The molecule has 2 aromatic rings. The number of aryl methyl sites for hydroxylation is 1. The number of rotatable bonds is 5. The van der Waals surface area contributed by atoms with Gasteiger partial charge in [-0.25, -0.2) is 4.98 Å². The maximum absolute atomic E-state index is 12.3. The summed E-state index contributed by atoms with van der Waals surface area (Å²) in [5, 5.41) is 4.02. The third-order valence-electron chi connectivity index (χ3n) is 2.89. The largest absolute Gasteiger partial charge is 0.482 e. The molecule has 1 heterocycles. The Balaban J connectivity index is 2.41. The molecule has 0 unspecified atom stereocenters. The van der Waals surface area contributed by atoms with Crippen molar-refractivity contribution in [2.24, 2.45) is 0 Å². The first-order valence-electron chi connectivity index (χ1n) is 6.74. The average Bonchev–Trinajstić information content (AvgIpc) is 2.41. The summed E-state index contributed by atoms with van der Waals surface area (Å²) in [6, 6.07) is 6.87. The van der Waals surface area contributed by atoms with E-state index >= 15 is 0 Å². The lowest BCUT2D eigenvalue weighted by Gasteiger charge is -2.14. The van der Waals surface area contributed by atoms with Crippen LogP contribution in [0.4, 0.5) is 18.9 Å². The van der Waals surface area contributed by atoms with Crippen molar-refractivity contribution in [3.63, 3.8) is 0 Å². The number of ether oxygens (including phenoxy) is 1. The molecule has 0 atom stereocenters. The first-order chi connectivity index (χ1) is 9.90. The van der Waals surface area contributed by atoms with Gasteiger partial charge >= 0.3 is 6.18 Å². The van der Waals surface area contributed by atoms with Crippen LogP contribution >= 0.6 is 0 Å². The monoisotopic (exact) mass is 298 g/mol. The molecule has 1 N–H and O–H groups in total. The minimum Gasteiger partial charge on any atom is -0.482 e. The van der Waals surface area contributed by atoms with Gasteiger partial charge < -0.3 is 10.1 Å². The summed E-state index contributed by atoms with van der Waals surface area (Å²) < 4.78 is 41.8. The van der Waals surface area contributed by atoms with E-state index < -0.39 is 12.8 Å². The fourth-order valence-corrected chi connectivity index (χ4v) is 2.03. The molecule has 2 rings (SSSR count). The Morgan fingerprint density at radius 1 is 1.29 bits per heavy atom. The Hall–Kier alpha value is -1.98. The van der Waals surface area contributed by atoms with Crippen LogP contribution in [0.3, 0.4) is 0 Å². The van der Waals surface area contributed by atoms with Gasteiger partial charge in [0.15, 0.2) is 6.61 Å². The van der Waals surface area contributed by atoms with E-state index in [1.165, 1.54) is 6.07 Å². The van der Waals surface area contributed by atoms with Gasteiger partial charge in [0.25, 0.3) is 0 Å². The summed E-state index contributed by atoms with van der Waals surface area (Å²) in [5.74, 6) is 0.146. The summed E-state index contributed by atoms with van der Waals surface area (Å²) in [4.78, 5) is 4.31. The Bertz CT molecular complexity index is 626. The van der Waals surface area contributed by atoms with E-state index in [0.717, 1.165) is 29.7 Å². The standard InChI is InChI=1S/C15H17F3N2O/c1-3-7-19-12-8-10(2)20-14-11(12)5-4-6-13(14)21-9-15(16,17)18/h4-6,8H,3,7,9H2,1-2H3,(H,19,20). The highest BCUT2D eigenvalue weighted by atomic mass is 19.4. The van der Waals surface area contributed by atoms with Crippen LogP contribution in [0.25, 0.3) is 10.9 Å². The second-order valence-corrected chi connectivity index (χ2v) is 4.79. The van der Waals surface area contributed by atoms with E-state index in [0.29, 0.717) is 5.52 Å². The number of hydrogen-bond acceptors (Lipinski definition) is 3. The molecule has 0 spiro atoms. The molecule has 0 fully saturated rings. The fourth-order valence-electron chi connectivity index (χ4n) is 2.03. The van der Waals surface area contributed by atoms with Crippen LogP contribution in [-0.2, 0) is 0 Å². The fraction of sp³-hybridized carbons (Fsp3) is 0.400. The van der Waals surface area contributed by atoms with Crippen LogP contribution < -0.4 is 10.1 Å². The summed E-state index contributed by atoms with van der Waals surface area (Å²) in [7, 11) is 0. The van der Waals surface area contributed by atoms with Crippen molar-refractivity contribution in [3.05, 3.63) is 30.0 Å². The molecular weight excluding hydrogens is 281 g/mol. The Labute approximate surface area is 121 Å². The molecule has 0 saturated heterocycles. The third-order valence-corrected chi connectivity index (χ3v) is 2.89. The lowest BCUT2D eigenvalue weighted by molar-refractivity contribution is -0.153. The third kappa shape index (κ3) is 4.00. The van der Waals surface area contributed by atoms with Gasteiger partial charge in [0, 0.05) is 23.3 Å². The van der Waals surface area contributed by atoms with Gasteiger partial charge in [0.1, 0.15) is 11.3 Å². The van der Waals surface area contributed by atoms with Crippen LogP contribution in [0.5, 0.6) is 5.75 Å². The molecule has 0 aliphatic carbocycles. The summed E-state index contributed by atoms with van der Waals surface area (Å²) >= 11 is 0. The molecular formula is C15H17F3N2O. The minimum absolute atomic E-state index is 0.146. The molecule has 3 nitrogen and oxygen atoms in total. The van der Waals surface area contributed by atoms with Crippen molar-refractivity contribution in [2.75, 3.05) is 18.5 Å². The number of aromatic nitrogens is 1. The molecule has 6 heteroatoms. The Morgan fingerprint density at radius 2 is 2.05 bits per heavy atom. The number of nitrogens with one attached hydrogen (secondary N) is 1. The van der Waals surface area contributed by atoms with E-state index in [4.69, 9.17) is 4.74 Å². The zero-order valence-electron chi connectivity index (χ0n) is 11.9. The Kier molecular flexibility index (Phi) is 4.55. The summed E-state index contributed by atoms with van der Waals surface area (Å²) in [6.07, 6.45) is -3.41. The van der Waals surface area contributed by atoms with Crippen molar-refractivity contribution < 1.29 is 17.9 Å². The number of anilines is 1. The highest BCUT2D eigenvalue weighted by molar-refractivity contribution is 5.95. The van der Waals surface area contributed by atoms with Gasteiger partial charge in [0.05, 0.1) is 0 Å². The first kappa shape index (κ1) is 15.4. The quantitative estimate of drug-likeness (QED) is 0.893. The van der Waals surface area contributed by atoms with Crippen molar-refractivity contribution in [1.29, 1.82) is 0 Å². The van der Waals surface area contributed by atoms with E-state index in [1.807, 2.05) is 19.1 Å². The van der Waals surface area contributed by atoms with Crippen LogP contribution in [0.1, 0.15) is 19.0 Å². The predicted octanol–water partition coefficient (Wildman–Crippen LogP) is 4.31. The lowest BCUT2D eigenvalue weighted by atomic mass is 10.1. The summed E-state index contributed by atoms with van der Waals surface area (Å²) in [6.45, 7) is 3.31. The zero-order valence-corrected chi connectivity index (χ0v) is 11.9. The summed E-state index contributed by atoms with van der Waals surface area (Å²) in [5.41, 5.74) is 2.03. The first-order valence-corrected chi connectivity index (χ1v) is 6.74. The molecule has 21 heavy (non-hydrogen) atoms. The number of fused-ring (bicyclic) bond motifs is 1. The number of hydrogen-bond donors (Lipinski definition) is 1. The molecule has 0 amide bonds. The van der Waals surface area contributed by atoms with Crippen LogP contribution in [0.15, 0.2) is 24.3 Å². The number of benzene rings is 1. The molecule has 0 aliphatic heterocycles. The van der Waals surface area contributed by atoms with Crippen molar-refractivity contribution in [1.82, 2.24) is 4.98 Å². The second kappa shape index (κ2) is 6.20. The van der Waals surface area contributed by atoms with Crippen molar-refractivity contribution >= 4 is 16.6 Å². The Morgan fingerprint density at radius 3 is 2.71 bits per heavy atom. The predicted molar refractivity (Wildman–Crippen MR) is 76.8 cm³/mol. The molecule has 0 radical (unpaired) electrons. The van der Waals surface area contributed by atoms with Gasteiger partial charge in [-0.05, 0) is 25.5 Å². The van der Waals surface area contributed by atoms with Gasteiger partial charge in [-0.3, -0.25) is 0 Å². The SMILES string of the molecule is CCCNc1cc(C)nc2c(OCC(F)(F)F)cccc12. The van der Waals surface area contributed by atoms with E-state index in [-0.39, 0.29) is 5.75 Å². The molecule has 1 aromatic carbocycles. The minimum atomic E-state index is -4.37. The maximum Gasteiger partial charge on any atom is 0.422 e. The van der Waals surface area contributed by atoms with Crippen LogP contribution in [0.2, 0.25) is 0 Å². The number of halogens is 3. The molecule has 1 aromatic heterocycles. The number of alkyl halides is 3. The van der Waals surface area contributed by atoms with Crippen molar-refractivity contribution in [2.45, 2.75) is 26.4 Å². The normalized spacial score (nSPS) is 11.7. The topological polar surface area (TPSA) is 34.2 Å². The molecule has 114 valence electrons. The molecule has 0 aliphatic rings. The van der Waals surface area contributed by atoms with Gasteiger partial charge in [-0.1, -0.05) is 19.1 Å². The van der Waals surface area contributed by atoms with Gasteiger partial charge in [-0.2, -0.15) is 13.2 Å². The number of pyridine rings is 1. The number of nitrogens with zero attached hydrogens (tertiary/aromatic N) is 1. The van der Waals surface area contributed by atoms with Crippen molar-refractivity contribution in [3.8, 4) is 5.75 Å². The molecule has 0 bridgehead atoms. The number of para-hydroxylation sites is 1. The smallest absolute Gasteiger partial charge is 0.422 e. The highest BCUT2D eigenvalue weighted by Crippen LogP contribution is 2.31. The highest BCUT2D eigenvalue weighted by Gasteiger charge is 2.28. The van der Waals surface area contributed by atoms with Gasteiger partial charge in [0.2, 0.25) is 0 Å². The molecule has 0 saturated carbocycles. The average molecular weight is 298 g/mol. The second-order valence-electron chi connectivity index (χ2n) is 4.79. The lowest BCUT2D eigenvalue weighted by Crippen LogP contribution is -2.19. The van der Waals surface area contributed by atoms with E-state index in [2.05, 4.69) is 10.3 Å². The van der Waals surface area contributed by atoms with Crippen LogP contribution in [0, 0.1) is 6.92 Å². The van der Waals surface area contributed by atoms with Crippen LogP contribution in [-0.4, -0.2) is 24.3 Å². The zero-order chi connectivity index (χ0) is 15.5. The van der Waals surface area contributed by atoms with E-state index in [9.17, 15) is 13.2 Å². The van der Waals surface area contributed by atoms with Gasteiger partial charge in [-0.15, -0.1) is 0 Å². The van der Waals surface area contributed by atoms with E-state index in [1.54, 1.807) is 13.0 Å².